The van der Waals surface area contributed by atoms with E-state index >= 15 is 0 Å². The number of rotatable bonds is 8. The lowest BCUT2D eigenvalue weighted by Crippen LogP contribution is -2.44. The maximum Gasteiger partial charge on any atom is 0.261 e. The summed E-state index contributed by atoms with van der Waals surface area (Å²) in [5.41, 5.74) is 3.41. The van der Waals surface area contributed by atoms with Crippen molar-refractivity contribution in [3.05, 3.63) is 69.1 Å². The lowest BCUT2D eigenvalue weighted by Gasteiger charge is -2.34. The molecule has 5 rings (SSSR count). The Kier molecular flexibility index (Phi) is 9.00. The second kappa shape index (κ2) is 12.7. The van der Waals surface area contributed by atoms with Crippen LogP contribution in [0.2, 0.25) is 10.0 Å². The van der Waals surface area contributed by atoms with Gasteiger partial charge in [-0.25, -0.2) is 9.97 Å². The minimum Gasteiger partial charge on any atom is -0.495 e. The molecule has 0 atom stereocenters. The molecule has 3 heterocycles. The number of methoxy groups -OCH3 is 2. The number of piperazine rings is 1. The molecule has 1 saturated heterocycles. The molecule has 0 radical (unpaired) electrons. The molecule has 0 aliphatic carbocycles. The third-order valence-corrected chi connectivity index (χ3v) is 8.39. The van der Waals surface area contributed by atoms with Gasteiger partial charge in [0.05, 0.1) is 58.3 Å². The van der Waals surface area contributed by atoms with Crippen LogP contribution in [0.15, 0.2) is 47.9 Å². The minimum absolute atomic E-state index is 0.191. The van der Waals surface area contributed by atoms with Crippen molar-refractivity contribution in [1.29, 1.82) is 0 Å². The van der Waals surface area contributed by atoms with Crippen LogP contribution in [-0.4, -0.2) is 72.8 Å². The summed E-state index contributed by atoms with van der Waals surface area (Å²) >= 11 is 13.2. The van der Waals surface area contributed by atoms with Crippen molar-refractivity contribution >= 4 is 62.9 Å². The van der Waals surface area contributed by atoms with Gasteiger partial charge in [0.2, 0.25) is 5.91 Å². The van der Waals surface area contributed by atoms with Crippen LogP contribution in [0, 0.1) is 6.92 Å². The summed E-state index contributed by atoms with van der Waals surface area (Å²) in [5, 5.41) is 6.92. The van der Waals surface area contributed by atoms with Crippen molar-refractivity contribution in [2.75, 3.05) is 63.0 Å². The molecule has 0 unspecified atom stereocenters. The van der Waals surface area contributed by atoms with Crippen molar-refractivity contribution in [3.8, 4) is 22.9 Å². The summed E-state index contributed by atoms with van der Waals surface area (Å²) in [6.45, 7) is 9.19. The smallest absolute Gasteiger partial charge is 0.261 e. The van der Waals surface area contributed by atoms with Crippen LogP contribution in [0.5, 0.6) is 11.5 Å². The highest BCUT2D eigenvalue weighted by Crippen LogP contribution is 2.45. The fourth-order valence-corrected chi connectivity index (χ4v) is 5.81. The van der Waals surface area contributed by atoms with E-state index in [1.54, 1.807) is 19.2 Å². The van der Waals surface area contributed by atoms with E-state index < -0.39 is 0 Å². The van der Waals surface area contributed by atoms with Crippen LogP contribution in [0.3, 0.4) is 0 Å². The number of carbonyl (C=O) groups is 1. The lowest BCUT2D eigenvalue weighted by atomic mass is 10.1. The number of hydrogen-bond donors (Lipinski definition) is 2. The monoisotopic (exact) mass is 637 g/mol. The van der Waals surface area contributed by atoms with Crippen LogP contribution >= 0.6 is 23.2 Å². The first kappa shape index (κ1) is 31.1. The molecule has 0 bridgehead atoms. The zero-order valence-corrected chi connectivity index (χ0v) is 26.6. The summed E-state index contributed by atoms with van der Waals surface area (Å²) in [7, 11) is 6.63. The van der Waals surface area contributed by atoms with E-state index in [-0.39, 0.29) is 27.3 Å². The Morgan fingerprint density at radius 3 is 2.30 bits per heavy atom. The zero-order chi connectivity index (χ0) is 31.7. The van der Waals surface area contributed by atoms with Crippen LogP contribution < -0.4 is 30.6 Å². The van der Waals surface area contributed by atoms with Gasteiger partial charge in [-0.05, 0) is 43.8 Å². The largest absolute Gasteiger partial charge is 0.495 e. The van der Waals surface area contributed by atoms with Gasteiger partial charge in [0.15, 0.2) is 0 Å². The summed E-state index contributed by atoms with van der Waals surface area (Å²) in [6.07, 6.45) is 2.72. The Labute approximate surface area is 265 Å². The Hall–Kier alpha value is -4.32. The Morgan fingerprint density at radius 2 is 1.68 bits per heavy atom. The molecular formula is C31H33Cl2N7O4. The average molecular weight is 639 g/mol. The average Bonchev–Trinajstić information content (AvgIpc) is 3.01. The fourth-order valence-electron chi connectivity index (χ4n) is 5.14. The van der Waals surface area contributed by atoms with Crippen molar-refractivity contribution < 1.29 is 14.3 Å². The van der Waals surface area contributed by atoms with Gasteiger partial charge in [-0.3, -0.25) is 14.2 Å². The number of halogens is 2. The van der Waals surface area contributed by atoms with E-state index in [9.17, 15) is 9.59 Å². The number of aryl methyl sites for hydroxylation is 1. The fraction of sp³-hybridized carbons (Fsp3) is 0.290. The molecule has 4 aromatic rings. The number of carbonyl (C=O) groups excluding carboxylic acids is 1. The maximum atomic E-state index is 13.7. The third kappa shape index (κ3) is 5.90. The van der Waals surface area contributed by atoms with Crippen LogP contribution in [0.25, 0.3) is 22.3 Å². The molecule has 1 aliphatic rings. The molecule has 2 N–H and O–H groups in total. The van der Waals surface area contributed by atoms with Gasteiger partial charge in [-0.15, -0.1) is 0 Å². The first-order valence-corrected chi connectivity index (χ1v) is 14.6. The number of ether oxygens (including phenoxy) is 2. The van der Waals surface area contributed by atoms with Crippen molar-refractivity contribution in [2.45, 2.75) is 6.92 Å². The number of nitrogens with zero attached hydrogens (tertiary/aromatic N) is 5. The SMILES string of the molecule is C=CC(=O)Nc1cc(N2CCN(C)CC2)cc(C)c1Nc1cc2c(=O)n(C)c(-c3c(Cl)c(OC)cc(OC)c3Cl)nc2cn1. The van der Waals surface area contributed by atoms with Crippen LogP contribution in [-0.2, 0) is 11.8 Å². The van der Waals surface area contributed by atoms with E-state index in [4.69, 9.17) is 37.7 Å². The predicted octanol–water partition coefficient (Wildman–Crippen LogP) is 5.25. The number of likely N-dealkylation sites (N-methyl/N-ethyl adjacent to an activating group) is 1. The van der Waals surface area contributed by atoms with Gasteiger partial charge in [0, 0.05) is 45.0 Å². The molecule has 2 aromatic carbocycles. The van der Waals surface area contributed by atoms with Gasteiger partial charge in [0.1, 0.15) is 23.1 Å². The number of aromatic nitrogens is 3. The summed E-state index contributed by atoms with van der Waals surface area (Å²) < 4.78 is 12.1. The van der Waals surface area contributed by atoms with Crippen molar-refractivity contribution in [2.24, 2.45) is 7.05 Å². The standard InChI is InChI=1S/C31H33Cl2N7O4/c1-7-25(41)35-20-13-18(40-10-8-38(3)9-11-40)12-17(2)29(20)37-24-14-19-21(16-34-24)36-30(39(4)31(19)42)26-27(32)22(43-5)15-23(44-6)28(26)33/h7,12-16H,1,8-11H2,2-6H3,(H,34,37)(H,35,41). The number of benzene rings is 2. The van der Waals surface area contributed by atoms with Gasteiger partial charge in [0.25, 0.3) is 5.56 Å². The topological polar surface area (TPSA) is 114 Å². The molecular weight excluding hydrogens is 605 g/mol. The molecule has 13 heteroatoms. The highest BCUT2D eigenvalue weighted by molar-refractivity contribution is 6.41. The molecule has 44 heavy (non-hydrogen) atoms. The maximum absolute atomic E-state index is 13.7. The molecule has 0 saturated carbocycles. The molecule has 1 aliphatic heterocycles. The van der Waals surface area contributed by atoms with E-state index in [0.29, 0.717) is 45.2 Å². The van der Waals surface area contributed by atoms with E-state index in [2.05, 4.69) is 45.1 Å². The number of pyridine rings is 1. The van der Waals surface area contributed by atoms with E-state index in [0.717, 1.165) is 37.4 Å². The first-order chi connectivity index (χ1) is 21.1. The first-order valence-electron chi connectivity index (χ1n) is 13.8. The number of hydrogen-bond acceptors (Lipinski definition) is 9. The van der Waals surface area contributed by atoms with Gasteiger partial charge >= 0.3 is 0 Å². The highest BCUT2D eigenvalue weighted by Gasteiger charge is 2.24. The normalized spacial score (nSPS) is 13.6. The Morgan fingerprint density at radius 1 is 1.02 bits per heavy atom. The Bertz CT molecular complexity index is 1810. The molecule has 1 amide bonds. The van der Waals surface area contributed by atoms with Gasteiger partial charge < -0.3 is 29.9 Å². The number of amides is 1. The molecule has 2 aromatic heterocycles. The van der Waals surface area contributed by atoms with Crippen molar-refractivity contribution in [1.82, 2.24) is 19.4 Å². The quantitative estimate of drug-likeness (QED) is 0.250. The van der Waals surface area contributed by atoms with Crippen LogP contribution in [0.1, 0.15) is 5.56 Å². The summed E-state index contributed by atoms with van der Waals surface area (Å²) in [4.78, 5) is 39.8. The second-order valence-corrected chi connectivity index (χ2v) is 11.2. The summed E-state index contributed by atoms with van der Waals surface area (Å²) in [5.74, 6) is 0.924. The minimum atomic E-state index is -0.341. The third-order valence-electron chi connectivity index (χ3n) is 7.64. The highest BCUT2D eigenvalue weighted by atomic mass is 35.5. The van der Waals surface area contributed by atoms with E-state index in [1.165, 1.54) is 31.1 Å². The molecule has 11 nitrogen and oxygen atoms in total. The zero-order valence-electron chi connectivity index (χ0n) is 25.1. The van der Waals surface area contributed by atoms with Crippen LogP contribution in [0.4, 0.5) is 22.9 Å². The molecule has 0 spiro atoms. The van der Waals surface area contributed by atoms with Gasteiger partial charge in [-0.1, -0.05) is 29.8 Å². The second-order valence-electron chi connectivity index (χ2n) is 10.5. The number of fused-ring (bicyclic) bond motifs is 1. The van der Waals surface area contributed by atoms with Crippen molar-refractivity contribution in [3.63, 3.8) is 0 Å². The number of nitrogens with one attached hydrogen (secondary N) is 2. The summed E-state index contributed by atoms with van der Waals surface area (Å²) in [6, 6.07) is 7.20. The van der Waals surface area contributed by atoms with Gasteiger partial charge in [-0.2, -0.15) is 0 Å². The molecule has 230 valence electrons. The molecule has 1 fully saturated rings. The Balaban J connectivity index is 1.56. The van der Waals surface area contributed by atoms with E-state index in [1.807, 2.05) is 13.0 Å². The predicted molar refractivity (Wildman–Crippen MR) is 176 cm³/mol. The number of anilines is 4. The lowest BCUT2D eigenvalue weighted by molar-refractivity contribution is -0.111.